The second kappa shape index (κ2) is 11.6. The van der Waals surface area contributed by atoms with Crippen LogP contribution in [-0.4, -0.2) is 30.2 Å². The van der Waals surface area contributed by atoms with Gasteiger partial charge in [0, 0.05) is 6.54 Å². The van der Waals surface area contributed by atoms with E-state index in [4.69, 9.17) is 0 Å². The number of benzene rings is 2. The first-order valence-corrected chi connectivity index (χ1v) is 13.6. The molecule has 0 aromatic heterocycles. The Balaban J connectivity index is 1.99. The molecule has 0 radical (unpaired) electrons. The number of nitrogens with zero attached hydrogens (tertiary/aromatic N) is 1. The molecule has 0 amide bonds. The van der Waals surface area contributed by atoms with E-state index in [-0.39, 0.29) is 23.7 Å². The molecule has 1 fully saturated rings. The molecule has 1 saturated heterocycles. The molecule has 2 aromatic rings. The highest BCUT2D eigenvalue weighted by Crippen LogP contribution is 2.41. The smallest absolute Gasteiger partial charge is 0.292 e. The quantitative estimate of drug-likeness (QED) is 0.315. The van der Waals surface area contributed by atoms with Crippen molar-refractivity contribution in [3.8, 4) is 11.1 Å². The molecule has 3 unspecified atom stereocenters. The lowest BCUT2D eigenvalue weighted by Gasteiger charge is -2.41. The minimum atomic E-state index is -4.41. The summed E-state index contributed by atoms with van der Waals surface area (Å²) in [5.74, 6) is 0.595. The zero-order chi connectivity index (χ0) is 28.5. The predicted molar refractivity (Wildman–Crippen MR) is 142 cm³/mol. The highest BCUT2D eigenvalue weighted by Gasteiger charge is 2.46. The minimum absolute atomic E-state index is 0.0414. The Morgan fingerprint density at radius 1 is 0.842 bits per heavy atom. The SMILES string of the molecule is CC(C)CC(C)c1cc(-c2ccc(C(F)(F)F)cc2)cc(C2CCC(C(F)(F)F)N(CCC(C)(C)C)C2)c1. The van der Waals surface area contributed by atoms with Gasteiger partial charge < -0.3 is 0 Å². The molecule has 0 saturated carbocycles. The molecule has 212 valence electrons. The van der Waals surface area contributed by atoms with Crippen molar-refractivity contribution in [2.75, 3.05) is 13.1 Å². The molecule has 2 aromatic carbocycles. The van der Waals surface area contributed by atoms with Gasteiger partial charge in [-0.3, -0.25) is 4.90 Å². The van der Waals surface area contributed by atoms with Gasteiger partial charge in [0.15, 0.2) is 0 Å². The summed E-state index contributed by atoms with van der Waals surface area (Å²) in [5.41, 5.74) is 2.74. The summed E-state index contributed by atoms with van der Waals surface area (Å²) < 4.78 is 81.1. The van der Waals surface area contributed by atoms with E-state index < -0.39 is 24.0 Å². The number of rotatable bonds is 7. The van der Waals surface area contributed by atoms with Crippen LogP contribution < -0.4 is 0 Å². The van der Waals surface area contributed by atoms with Gasteiger partial charge in [-0.05, 0) is 89.8 Å². The van der Waals surface area contributed by atoms with Crippen molar-refractivity contribution in [2.45, 2.75) is 97.5 Å². The second-order valence-corrected chi connectivity index (χ2v) is 12.6. The van der Waals surface area contributed by atoms with Gasteiger partial charge in [-0.15, -0.1) is 0 Å². The molecule has 0 N–H and O–H groups in total. The van der Waals surface area contributed by atoms with Crippen molar-refractivity contribution in [3.63, 3.8) is 0 Å². The molecular formula is C31H41F6N. The summed E-state index contributed by atoms with van der Waals surface area (Å²) in [5, 5.41) is 0. The summed E-state index contributed by atoms with van der Waals surface area (Å²) in [4.78, 5) is 1.60. The first kappa shape index (κ1) is 30.5. The van der Waals surface area contributed by atoms with Crippen LogP contribution in [0.25, 0.3) is 11.1 Å². The van der Waals surface area contributed by atoms with E-state index in [1.165, 1.54) is 12.1 Å². The number of likely N-dealkylation sites (tertiary alicyclic amines) is 1. The van der Waals surface area contributed by atoms with Crippen molar-refractivity contribution in [1.82, 2.24) is 4.90 Å². The Morgan fingerprint density at radius 2 is 1.47 bits per heavy atom. The van der Waals surface area contributed by atoms with E-state index in [1.54, 1.807) is 4.90 Å². The lowest BCUT2D eigenvalue weighted by molar-refractivity contribution is -0.193. The van der Waals surface area contributed by atoms with E-state index in [0.29, 0.717) is 37.4 Å². The number of alkyl halides is 6. The van der Waals surface area contributed by atoms with Crippen molar-refractivity contribution >= 4 is 0 Å². The van der Waals surface area contributed by atoms with Gasteiger partial charge in [0.2, 0.25) is 0 Å². The third-order valence-corrected chi connectivity index (χ3v) is 7.60. The van der Waals surface area contributed by atoms with Crippen molar-refractivity contribution in [1.29, 1.82) is 0 Å². The fourth-order valence-corrected chi connectivity index (χ4v) is 5.47. The Bertz CT molecular complexity index is 1050. The van der Waals surface area contributed by atoms with Gasteiger partial charge in [-0.2, -0.15) is 26.3 Å². The molecule has 38 heavy (non-hydrogen) atoms. The topological polar surface area (TPSA) is 3.24 Å². The standard InChI is InChI=1S/C31H41F6N/c1-20(2)15-21(3)24-16-25(22-7-10-27(11-8-22)30(32,33)34)18-26(17-24)23-9-12-28(31(35,36)37)38(19-23)14-13-29(4,5)6/h7-8,10-11,16-18,20-21,23,28H,9,12-15,19H2,1-6H3. The second-order valence-electron chi connectivity index (χ2n) is 12.6. The van der Waals surface area contributed by atoms with Crippen molar-refractivity contribution < 1.29 is 26.3 Å². The Labute approximate surface area is 223 Å². The number of hydrogen-bond acceptors (Lipinski definition) is 1. The monoisotopic (exact) mass is 541 g/mol. The van der Waals surface area contributed by atoms with Crippen molar-refractivity contribution in [3.05, 3.63) is 59.2 Å². The minimum Gasteiger partial charge on any atom is -0.292 e. The Hall–Kier alpha value is -2.02. The summed E-state index contributed by atoms with van der Waals surface area (Å²) in [6, 6.07) is 9.79. The molecule has 3 atom stereocenters. The number of halogens is 6. The van der Waals surface area contributed by atoms with Crippen LogP contribution >= 0.6 is 0 Å². The third-order valence-electron chi connectivity index (χ3n) is 7.60. The fraction of sp³-hybridized carbons (Fsp3) is 0.613. The van der Waals surface area contributed by atoms with E-state index in [2.05, 4.69) is 26.8 Å². The average molecular weight is 542 g/mol. The molecular weight excluding hydrogens is 500 g/mol. The van der Waals surface area contributed by atoms with Crippen LogP contribution in [0.4, 0.5) is 26.3 Å². The average Bonchev–Trinajstić information content (AvgIpc) is 2.80. The maximum Gasteiger partial charge on any atom is 0.416 e. The van der Waals surface area contributed by atoms with Crippen LogP contribution in [0.15, 0.2) is 42.5 Å². The molecule has 7 heteroatoms. The molecule has 1 aliphatic heterocycles. The van der Waals surface area contributed by atoms with E-state index >= 15 is 0 Å². The number of piperidine rings is 1. The van der Waals surface area contributed by atoms with E-state index in [1.807, 2.05) is 32.9 Å². The zero-order valence-electron chi connectivity index (χ0n) is 23.3. The van der Waals surface area contributed by atoms with Gasteiger partial charge in [0.1, 0.15) is 6.04 Å². The fourth-order valence-electron chi connectivity index (χ4n) is 5.47. The normalized spacial score (nSPS) is 20.7. The molecule has 1 nitrogen and oxygen atoms in total. The summed E-state index contributed by atoms with van der Waals surface area (Å²) >= 11 is 0. The highest BCUT2D eigenvalue weighted by atomic mass is 19.4. The van der Waals surface area contributed by atoms with Crippen LogP contribution in [0.1, 0.15) is 95.8 Å². The van der Waals surface area contributed by atoms with E-state index in [0.717, 1.165) is 35.2 Å². The van der Waals surface area contributed by atoms with Gasteiger partial charge in [-0.1, -0.05) is 71.9 Å². The van der Waals surface area contributed by atoms with Crippen molar-refractivity contribution in [2.24, 2.45) is 11.3 Å². The Kier molecular flexibility index (Phi) is 9.33. The van der Waals surface area contributed by atoms with Crippen LogP contribution in [0.3, 0.4) is 0 Å². The van der Waals surface area contributed by atoms with E-state index in [9.17, 15) is 26.3 Å². The lowest BCUT2D eigenvalue weighted by atomic mass is 9.82. The van der Waals surface area contributed by atoms with Gasteiger partial charge in [0.05, 0.1) is 5.56 Å². The molecule has 3 rings (SSSR count). The van der Waals surface area contributed by atoms with Gasteiger partial charge in [0.25, 0.3) is 0 Å². The molecule has 1 aliphatic rings. The summed E-state index contributed by atoms with van der Waals surface area (Å²) in [6.45, 7) is 13.2. The maximum atomic E-state index is 13.9. The van der Waals surface area contributed by atoms with Crippen LogP contribution in [0, 0.1) is 11.3 Å². The zero-order valence-corrected chi connectivity index (χ0v) is 23.3. The first-order valence-electron chi connectivity index (χ1n) is 13.6. The van der Waals surface area contributed by atoms with Crippen LogP contribution in [0.2, 0.25) is 0 Å². The molecule has 0 aliphatic carbocycles. The molecule has 1 heterocycles. The largest absolute Gasteiger partial charge is 0.416 e. The van der Waals surface area contributed by atoms with Gasteiger partial charge >= 0.3 is 12.4 Å². The highest BCUT2D eigenvalue weighted by molar-refractivity contribution is 5.66. The predicted octanol–water partition coefficient (Wildman–Crippen LogP) is 10.1. The van der Waals surface area contributed by atoms with Crippen LogP contribution in [-0.2, 0) is 6.18 Å². The Morgan fingerprint density at radius 3 is 2.00 bits per heavy atom. The maximum absolute atomic E-state index is 13.9. The number of hydrogen-bond donors (Lipinski definition) is 0. The summed E-state index contributed by atoms with van der Waals surface area (Å²) in [7, 11) is 0. The van der Waals surface area contributed by atoms with Crippen LogP contribution in [0.5, 0.6) is 0 Å². The first-order chi connectivity index (χ1) is 17.4. The third kappa shape index (κ3) is 8.24. The van der Waals surface area contributed by atoms with Gasteiger partial charge in [-0.25, -0.2) is 0 Å². The molecule has 0 bridgehead atoms. The molecule has 0 spiro atoms. The summed E-state index contributed by atoms with van der Waals surface area (Å²) in [6.07, 6.45) is -6.62. The lowest BCUT2D eigenvalue weighted by Crippen LogP contribution is -2.51.